The van der Waals surface area contributed by atoms with Crippen molar-refractivity contribution in [3.8, 4) is 0 Å². The monoisotopic (exact) mass is 248 g/mol. The maximum Gasteiger partial charge on any atom is 0.338 e. The maximum absolute atomic E-state index is 11.6. The van der Waals surface area contributed by atoms with Crippen LogP contribution in [0.5, 0.6) is 0 Å². The highest BCUT2D eigenvalue weighted by atomic mass is 16.7. The van der Waals surface area contributed by atoms with Crippen LogP contribution in [0, 0.1) is 5.92 Å². The summed E-state index contributed by atoms with van der Waals surface area (Å²) in [6, 6.07) is 0. The van der Waals surface area contributed by atoms with Crippen molar-refractivity contribution in [2.75, 3.05) is 0 Å². The summed E-state index contributed by atoms with van der Waals surface area (Å²) in [6.07, 6.45) is 6.72. The molecule has 0 spiro atoms. The van der Waals surface area contributed by atoms with Gasteiger partial charge in [0.15, 0.2) is 0 Å². The van der Waals surface area contributed by atoms with E-state index in [9.17, 15) is 9.59 Å². The quantitative estimate of drug-likeness (QED) is 0.318. The lowest BCUT2D eigenvalue weighted by Crippen LogP contribution is -2.11. The van der Waals surface area contributed by atoms with Gasteiger partial charge >= 0.3 is 11.9 Å². The van der Waals surface area contributed by atoms with Crippen LogP contribution in [0.2, 0.25) is 0 Å². The van der Waals surface area contributed by atoms with Crippen molar-refractivity contribution in [1.29, 1.82) is 0 Å². The molecule has 1 saturated heterocycles. The fraction of sp³-hybridized carbons (Fsp3) is 0.385. The van der Waals surface area contributed by atoms with Crippen molar-refractivity contribution in [2.45, 2.75) is 25.7 Å². The number of cyclic esters (lactones) is 1. The molecule has 0 radical (unpaired) electrons. The summed E-state index contributed by atoms with van der Waals surface area (Å²) in [4.78, 5) is 22.7. The van der Waals surface area contributed by atoms with Gasteiger partial charge in [-0.05, 0) is 6.92 Å². The zero-order chi connectivity index (χ0) is 12.7. The standard InChI is InChI=1S/C13H12O5/c1-7-5-11(18-12(7)14)16-6-9-8-3-2-4-10(8)17-13(9)15/h2-3,5-6,8,10-11H,4H2,1H3/b9-6+. The summed E-state index contributed by atoms with van der Waals surface area (Å²) in [5, 5.41) is 0. The molecule has 1 fully saturated rings. The van der Waals surface area contributed by atoms with E-state index in [0.29, 0.717) is 11.1 Å². The highest BCUT2D eigenvalue weighted by Gasteiger charge is 2.40. The fourth-order valence-corrected chi connectivity index (χ4v) is 2.24. The molecular formula is C13H12O5. The number of carbonyl (C=O) groups excluding carboxylic acids is 2. The van der Waals surface area contributed by atoms with Crippen LogP contribution in [-0.4, -0.2) is 24.3 Å². The minimum Gasteiger partial charge on any atom is -0.458 e. The molecule has 0 N–H and O–H groups in total. The zero-order valence-corrected chi connectivity index (χ0v) is 9.79. The van der Waals surface area contributed by atoms with Crippen LogP contribution in [0.25, 0.3) is 0 Å². The molecule has 3 aliphatic rings. The van der Waals surface area contributed by atoms with Crippen LogP contribution in [0.3, 0.4) is 0 Å². The molecule has 2 heterocycles. The Labute approximate surface area is 104 Å². The molecule has 3 atom stereocenters. The van der Waals surface area contributed by atoms with E-state index in [0.717, 1.165) is 6.42 Å². The van der Waals surface area contributed by atoms with Gasteiger partial charge < -0.3 is 14.2 Å². The van der Waals surface area contributed by atoms with Gasteiger partial charge in [0.25, 0.3) is 6.29 Å². The first-order valence-electron chi connectivity index (χ1n) is 5.78. The first kappa shape index (κ1) is 11.1. The summed E-state index contributed by atoms with van der Waals surface area (Å²) in [5.74, 6) is -0.801. The Morgan fingerprint density at radius 3 is 2.89 bits per heavy atom. The van der Waals surface area contributed by atoms with Crippen LogP contribution in [-0.2, 0) is 23.8 Å². The number of rotatable bonds is 2. The molecular weight excluding hydrogens is 236 g/mol. The van der Waals surface area contributed by atoms with Crippen LogP contribution < -0.4 is 0 Å². The molecule has 0 saturated carbocycles. The van der Waals surface area contributed by atoms with Crippen LogP contribution in [0.4, 0.5) is 0 Å². The number of hydrogen-bond acceptors (Lipinski definition) is 5. The van der Waals surface area contributed by atoms with Crippen molar-refractivity contribution in [3.05, 3.63) is 35.6 Å². The first-order valence-corrected chi connectivity index (χ1v) is 5.78. The van der Waals surface area contributed by atoms with Gasteiger partial charge in [-0.25, -0.2) is 9.59 Å². The van der Waals surface area contributed by atoms with Gasteiger partial charge in [0.1, 0.15) is 6.10 Å². The Hall–Kier alpha value is -2.04. The van der Waals surface area contributed by atoms with Crippen molar-refractivity contribution >= 4 is 11.9 Å². The number of fused-ring (bicyclic) bond motifs is 1. The normalized spacial score (nSPS) is 35.5. The van der Waals surface area contributed by atoms with Crippen molar-refractivity contribution in [1.82, 2.24) is 0 Å². The van der Waals surface area contributed by atoms with E-state index in [4.69, 9.17) is 14.2 Å². The van der Waals surface area contributed by atoms with Gasteiger partial charge in [-0.3, -0.25) is 0 Å². The summed E-state index contributed by atoms with van der Waals surface area (Å²) in [7, 11) is 0. The molecule has 18 heavy (non-hydrogen) atoms. The van der Waals surface area contributed by atoms with E-state index in [2.05, 4.69) is 0 Å². The Bertz CT molecular complexity index is 500. The molecule has 0 aromatic carbocycles. The van der Waals surface area contributed by atoms with Gasteiger partial charge in [0, 0.05) is 24.0 Å². The summed E-state index contributed by atoms with van der Waals surface area (Å²) < 4.78 is 15.4. The summed E-state index contributed by atoms with van der Waals surface area (Å²) >= 11 is 0. The van der Waals surface area contributed by atoms with Gasteiger partial charge in [0.05, 0.1) is 11.8 Å². The second kappa shape index (κ2) is 4.01. The SMILES string of the molecule is CC1=CC(O/C=C2/C(=O)OC3CC=CC23)OC1=O. The minimum atomic E-state index is -0.748. The maximum atomic E-state index is 11.6. The predicted octanol–water partition coefficient (Wildman–Crippen LogP) is 1.22. The highest BCUT2D eigenvalue weighted by molar-refractivity contribution is 5.92. The third-order valence-corrected chi connectivity index (χ3v) is 3.23. The highest BCUT2D eigenvalue weighted by Crippen LogP contribution is 2.35. The van der Waals surface area contributed by atoms with E-state index < -0.39 is 12.3 Å². The molecule has 1 aliphatic carbocycles. The average Bonchev–Trinajstić information content (AvgIpc) is 2.94. The number of carbonyl (C=O) groups is 2. The minimum absolute atomic E-state index is 0.0420. The molecule has 0 amide bonds. The molecule has 94 valence electrons. The zero-order valence-electron chi connectivity index (χ0n) is 9.79. The van der Waals surface area contributed by atoms with Gasteiger partial charge in [-0.1, -0.05) is 12.2 Å². The smallest absolute Gasteiger partial charge is 0.338 e. The summed E-state index contributed by atoms with van der Waals surface area (Å²) in [5.41, 5.74) is 0.980. The molecule has 3 unspecified atom stereocenters. The molecule has 2 aliphatic heterocycles. The largest absolute Gasteiger partial charge is 0.458 e. The van der Waals surface area contributed by atoms with Crippen LogP contribution in [0.15, 0.2) is 35.6 Å². The van der Waals surface area contributed by atoms with E-state index >= 15 is 0 Å². The lowest BCUT2D eigenvalue weighted by molar-refractivity contribution is -0.152. The van der Waals surface area contributed by atoms with Crippen LogP contribution in [0.1, 0.15) is 13.3 Å². The van der Waals surface area contributed by atoms with Crippen molar-refractivity contribution in [3.63, 3.8) is 0 Å². The van der Waals surface area contributed by atoms with Crippen LogP contribution >= 0.6 is 0 Å². The van der Waals surface area contributed by atoms with Crippen molar-refractivity contribution < 1.29 is 23.8 Å². The number of ether oxygens (including phenoxy) is 3. The molecule has 5 heteroatoms. The van der Waals surface area contributed by atoms with Gasteiger partial charge in [-0.2, -0.15) is 0 Å². The Morgan fingerprint density at radius 2 is 2.17 bits per heavy atom. The van der Waals surface area contributed by atoms with Crippen molar-refractivity contribution in [2.24, 2.45) is 5.92 Å². The third-order valence-electron chi connectivity index (χ3n) is 3.23. The van der Waals surface area contributed by atoms with Gasteiger partial charge in [-0.15, -0.1) is 0 Å². The lowest BCUT2D eigenvalue weighted by Gasteiger charge is -2.09. The third kappa shape index (κ3) is 1.72. The second-order valence-electron chi connectivity index (χ2n) is 4.47. The average molecular weight is 248 g/mol. The lowest BCUT2D eigenvalue weighted by atomic mass is 10.0. The Balaban J connectivity index is 1.71. The molecule has 3 rings (SSSR count). The van der Waals surface area contributed by atoms with E-state index in [-0.39, 0.29) is 18.0 Å². The second-order valence-corrected chi connectivity index (χ2v) is 4.47. The number of esters is 2. The van der Waals surface area contributed by atoms with E-state index in [1.807, 2.05) is 12.2 Å². The molecule has 5 nitrogen and oxygen atoms in total. The van der Waals surface area contributed by atoms with E-state index in [1.54, 1.807) is 13.0 Å². The molecule has 0 aromatic heterocycles. The number of hydrogen-bond donors (Lipinski definition) is 0. The Kier molecular flexibility index (Phi) is 2.47. The van der Waals surface area contributed by atoms with Gasteiger partial charge in [0.2, 0.25) is 0 Å². The molecule has 0 bridgehead atoms. The topological polar surface area (TPSA) is 61.8 Å². The predicted molar refractivity (Wildman–Crippen MR) is 59.9 cm³/mol. The first-order chi connectivity index (χ1) is 8.65. The molecule has 0 aromatic rings. The van der Waals surface area contributed by atoms with E-state index in [1.165, 1.54) is 6.26 Å². The fourth-order valence-electron chi connectivity index (χ4n) is 2.24. The summed E-state index contributed by atoms with van der Waals surface area (Å²) in [6.45, 7) is 1.65. The Morgan fingerprint density at radius 1 is 1.33 bits per heavy atom.